The Bertz CT molecular complexity index is 782. The highest BCUT2D eigenvalue weighted by molar-refractivity contribution is 5.85. The lowest BCUT2D eigenvalue weighted by atomic mass is 10.2. The number of nitro groups is 1. The van der Waals surface area contributed by atoms with Crippen LogP contribution in [-0.2, 0) is 6.42 Å². The van der Waals surface area contributed by atoms with Crippen molar-refractivity contribution < 1.29 is 14.8 Å². The SMILES string of the molecule is CCc1cn(-c2cccc([N+](=O)[O-])c2)nc(C(=O)O)c1=O. The highest BCUT2D eigenvalue weighted by atomic mass is 16.6. The van der Waals surface area contributed by atoms with Crippen molar-refractivity contribution in [3.8, 4) is 5.69 Å². The van der Waals surface area contributed by atoms with Gasteiger partial charge in [0, 0.05) is 23.9 Å². The molecule has 0 atom stereocenters. The van der Waals surface area contributed by atoms with Gasteiger partial charge in [-0.3, -0.25) is 14.9 Å². The molecule has 0 saturated carbocycles. The predicted octanol–water partition coefficient (Wildman–Crippen LogP) is 1.40. The third kappa shape index (κ3) is 2.78. The normalized spacial score (nSPS) is 10.3. The molecule has 8 nitrogen and oxygen atoms in total. The molecule has 2 aromatic rings. The van der Waals surface area contributed by atoms with E-state index in [9.17, 15) is 19.7 Å². The number of carboxylic acid groups (broad SMARTS) is 1. The molecule has 2 rings (SSSR count). The summed E-state index contributed by atoms with van der Waals surface area (Å²) in [6.07, 6.45) is 1.71. The molecule has 1 heterocycles. The number of aryl methyl sites for hydroxylation is 1. The third-order valence-electron chi connectivity index (χ3n) is 2.88. The van der Waals surface area contributed by atoms with Crippen LogP contribution in [0.3, 0.4) is 0 Å². The van der Waals surface area contributed by atoms with E-state index in [1.54, 1.807) is 6.92 Å². The van der Waals surface area contributed by atoms with E-state index in [4.69, 9.17) is 5.11 Å². The van der Waals surface area contributed by atoms with Crippen molar-refractivity contribution in [2.75, 3.05) is 0 Å². The van der Waals surface area contributed by atoms with Gasteiger partial charge in [-0.1, -0.05) is 13.0 Å². The largest absolute Gasteiger partial charge is 0.476 e. The van der Waals surface area contributed by atoms with Crippen molar-refractivity contribution in [2.45, 2.75) is 13.3 Å². The number of aromatic carboxylic acids is 1. The second kappa shape index (κ2) is 5.53. The number of hydrogen-bond donors (Lipinski definition) is 1. The second-order valence-electron chi connectivity index (χ2n) is 4.21. The predicted molar refractivity (Wildman–Crippen MR) is 72.8 cm³/mol. The minimum Gasteiger partial charge on any atom is -0.476 e. The first-order valence-electron chi connectivity index (χ1n) is 6.05. The molecule has 0 aliphatic carbocycles. The van der Waals surface area contributed by atoms with Gasteiger partial charge in [-0.05, 0) is 12.5 Å². The minimum atomic E-state index is -1.44. The van der Waals surface area contributed by atoms with Gasteiger partial charge < -0.3 is 5.11 Å². The fourth-order valence-corrected chi connectivity index (χ4v) is 1.81. The first-order valence-corrected chi connectivity index (χ1v) is 6.05. The van der Waals surface area contributed by atoms with Crippen LogP contribution in [0.5, 0.6) is 0 Å². The molecule has 1 N–H and O–H groups in total. The summed E-state index contributed by atoms with van der Waals surface area (Å²) in [5, 5.41) is 23.5. The maximum absolute atomic E-state index is 11.8. The number of hydrogen-bond acceptors (Lipinski definition) is 5. The van der Waals surface area contributed by atoms with Crippen molar-refractivity contribution in [3.05, 3.63) is 62.1 Å². The first kappa shape index (κ1) is 14.4. The molecule has 0 radical (unpaired) electrons. The van der Waals surface area contributed by atoms with Gasteiger partial charge in [-0.15, -0.1) is 0 Å². The van der Waals surface area contributed by atoms with Gasteiger partial charge >= 0.3 is 5.97 Å². The maximum Gasteiger partial charge on any atom is 0.360 e. The van der Waals surface area contributed by atoms with Gasteiger partial charge in [0.1, 0.15) is 0 Å². The summed E-state index contributed by atoms with van der Waals surface area (Å²) in [5.74, 6) is -1.44. The van der Waals surface area contributed by atoms with Crippen LogP contribution in [0.15, 0.2) is 35.3 Å². The van der Waals surface area contributed by atoms with Crippen molar-refractivity contribution in [1.29, 1.82) is 0 Å². The molecule has 21 heavy (non-hydrogen) atoms. The van der Waals surface area contributed by atoms with Gasteiger partial charge in [-0.2, -0.15) is 5.10 Å². The smallest absolute Gasteiger partial charge is 0.360 e. The van der Waals surface area contributed by atoms with Gasteiger partial charge in [0.05, 0.1) is 10.6 Å². The van der Waals surface area contributed by atoms with E-state index in [2.05, 4.69) is 5.10 Å². The zero-order valence-corrected chi connectivity index (χ0v) is 11.0. The van der Waals surface area contributed by atoms with E-state index in [1.165, 1.54) is 30.5 Å². The molecule has 8 heteroatoms. The molecule has 0 saturated heterocycles. The zero-order chi connectivity index (χ0) is 15.6. The van der Waals surface area contributed by atoms with Crippen LogP contribution in [0.4, 0.5) is 5.69 Å². The van der Waals surface area contributed by atoms with E-state index >= 15 is 0 Å². The van der Waals surface area contributed by atoms with Gasteiger partial charge in [0.25, 0.3) is 5.69 Å². The van der Waals surface area contributed by atoms with Crippen molar-refractivity contribution in [3.63, 3.8) is 0 Å². The fourth-order valence-electron chi connectivity index (χ4n) is 1.81. The number of carbonyl (C=O) groups is 1. The Balaban J connectivity index is 2.66. The molecular formula is C13H11N3O5. The number of non-ortho nitro benzene ring substituents is 1. The fraction of sp³-hybridized carbons (Fsp3) is 0.154. The number of nitrogens with zero attached hydrogens (tertiary/aromatic N) is 3. The van der Waals surface area contributed by atoms with E-state index in [0.29, 0.717) is 12.1 Å². The average molecular weight is 289 g/mol. The molecule has 0 aliphatic rings. The topological polar surface area (TPSA) is 115 Å². The van der Waals surface area contributed by atoms with Crippen LogP contribution in [0.2, 0.25) is 0 Å². The molecule has 0 unspecified atom stereocenters. The zero-order valence-electron chi connectivity index (χ0n) is 11.0. The number of aromatic nitrogens is 2. The number of rotatable bonds is 4. The summed E-state index contributed by atoms with van der Waals surface area (Å²) >= 11 is 0. The van der Waals surface area contributed by atoms with E-state index in [0.717, 1.165) is 4.68 Å². The molecule has 0 amide bonds. The Morgan fingerprint density at radius 2 is 2.19 bits per heavy atom. The third-order valence-corrected chi connectivity index (χ3v) is 2.88. The molecule has 0 bridgehead atoms. The highest BCUT2D eigenvalue weighted by Crippen LogP contribution is 2.16. The van der Waals surface area contributed by atoms with Crippen molar-refractivity contribution in [1.82, 2.24) is 9.78 Å². The van der Waals surface area contributed by atoms with Crippen LogP contribution in [-0.4, -0.2) is 25.8 Å². The lowest BCUT2D eigenvalue weighted by Gasteiger charge is -2.08. The van der Waals surface area contributed by atoms with Crippen LogP contribution in [0, 0.1) is 10.1 Å². The van der Waals surface area contributed by atoms with Crippen molar-refractivity contribution in [2.24, 2.45) is 0 Å². The second-order valence-corrected chi connectivity index (χ2v) is 4.21. The summed E-state index contributed by atoms with van der Waals surface area (Å²) in [7, 11) is 0. The lowest BCUT2D eigenvalue weighted by Crippen LogP contribution is -2.24. The number of nitro benzene ring substituents is 1. The van der Waals surface area contributed by atoms with E-state index < -0.39 is 22.0 Å². The Morgan fingerprint density at radius 1 is 1.48 bits per heavy atom. The molecule has 0 spiro atoms. The summed E-state index contributed by atoms with van der Waals surface area (Å²) in [5.41, 5.74) is -0.828. The minimum absolute atomic E-state index is 0.150. The number of benzene rings is 1. The van der Waals surface area contributed by atoms with Gasteiger partial charge in [0.2, 0.25) is 11.1 Å². The standard InChI is InChI=1S/C13H11N3O5/c1-2-8-7-15(14-11(12(8)17)13(18)19)9-4-3-5-10(6-9)16(20)21/h3-7H,2H2,1H3,(H,18,19). The Hall–Kier alpha value is -3.03. The van der Waals surface area contributed by atoms with Gasteiger partial charge in [0.15, 0.2) is 0 Å². The molecule has 0 aliphatic heterocycles. The first-order chi connectivity index (χ1) is 9.93. The monoisotopic (exact) mass is 289 g/mol. The Kier molecular flexibility index (Phi) is 3.79. The van der Waals surface area contributed by atoms with E-state index in [1.807, 2.05) is 0 Å². The summed E-state index contributed by atoms with van der Waals surface area (Å²) in [6, 6.07) is 5.56. The number of carboxylic acids is 1. The summed E-state index contributed by atoms with van der Waals surface area (Å²) in [4.78, 5) is 33.1. The summed E-state index contributed by atoms with van der Waals surface area (Å²) < 4.78 is 1.16. The average Bonchev–Trinajstić information content (AvgIpc) is 2.47. The maximum atomic E-state index is 11.8. The van der Waals surface area contributed by atoms with Crippen molar-refractivity contribution >= 4 is 11.7 Å². The van der Waals surface area contributed by atoms with Gasteiger partial charge in [-0.25, -0.2) is 9.48 Å². The van der Waals surface area contributed by atoms with Crippen LogP contribution in [0.25, 0.3) is 5.69 Å². The lowest BCUT2D eigenvalue weighted by molar-refractivity contribution is -0.384. The van der Waals surface area contributed by atoms with Crippen LogP contribution >= 0.6 is 0 Å². The Morgan fingerprint density at radius 3 is 2.76 bits per heavy atom. The van der Waals surface area contributed by atoms with Crippen LogP contribution < -0.4 is 5.43 Å². The molecule has 108 valence electrons. The quantitative estimate of drug-likeness (QED) is 0.672. The molecule has 0 fully saturated rings. The Labute approximate surface area is 118 Å². The summed E-state index contributed by atoms with van der Waals surface area (Å²) in [6.45, 7) is 1.71. The molecular weight excluding hydrogens is 278 g/mol. The highest BCUT2D eigenvalue weighted by Gasteiger charge is 2.16. The van der Waals surface area contributed by atoms with Crippen LogP contribution in [0.1, 0.15) is 23.0 Å². The molecule has 1 aromatic heterocycles. The van der Waals surface area contributed by atoms with E-state index in [-0.39, 0.29) is 11.3 Å². The molecule has 1 aromatic carbocycles.